The maximum absolute atomic E-state index is 12.0. The van der Waals surface area contributed by atoms with Gasteiger partial charge in [0.05, 0.1) is 0 Å². The van der Waals surface area contributed by atoms with Crippen LogP contribution in [0, 0.1) is 0 Å². The number of pyridine rings is 1. The van der Waals surface area contributed by atoms with Gasteiger partial charge in [-0.2, -0.15) is 0 Å². The van der Waals surface area contributed by atoms with Gasteiger partial charge in [0.15, 0.2) is 0 Å². The van der Waals surface area contributed by atoms with Crippen molar-refractivity contribution in [1.29, 1.82) is 0 Å². The first-order chi connectivity index (χ1) is 15.8. The highest BCUT2D eigenvalue weighted by Gasteiger charge is 2.06. The minimum atomic E-state index is -0.189. The van der Waals surface area contributed by atoms with Gasteiger partial charge in [-0.1, -0.05) is 78.9 Å². The molecule has 0 radical (unpaired) electrons. The molecule has 0 fully saturated rings. The van der Waals surface area contributed by atoms with Crippen LogP contribution in [-0.4, -0.2) is 11.0 Å². The van der Waals surface area contributed by atoms with Crippen molar-refractivity contribution in [3.63, 3.8) is 0 Å². The van der Waals surface area contributed by atoms with E-state index in [2.05, 4.69) is 88.4 Å². The van der Waals surface area contributed by atoms with Crippen molar-refractivity contribution in [2.24, 2.45) is 0 Å². The SMILES string of the molecule is O=C(NCc1ccc(CSc2ccccc2-c2ccccc2)cc1)NCc1cccnc1. The van der Waals surface area contributed by atoms with Crippen LogP contribution in [0.4, 0.5) is 4.79 Å². The first-order valence-electron chi connectivity index (χ1n) is 10.5. The number of rotatable bonds is 8. The van der Waals surface area contributed by atoms with Crippen LogP contribution >= 0.6 is 11.8 Å². The summed E-state index contributed by atoms with van der Waals surface area (Å²) in [7, 11) is 0. The van der Waals surface area contributed by atoms with Crippen LogP contribution in [-0.2, 0) is 18.8 Å². The molecule has 0 bridgehead atoms. The van der Waals surface area contributed by atoms with E-state index in [-0.39, 0.29) is 6.03 Å². The molecule has 5 heteroatoms. The maximum atomic E-state index is 12.0. The highest BCUT2D eigenvalue weighted by atomic mass is 32.2. The van der Waals surface area contributed by atoms with Gasteiger partial charge < -0.3 is 10.6 Å². The van der Waals surface area contributed by atoms with E-state index in [0.29, 0.717) is 13.1 Å². The molecule has 1 aromatic heterocycles. The Labute approximate surface area is 193 Å². The molecule has 4 aromatic rings. The standard InChI is InChI=1S/C27H25N3OS/c31-27(30-19-23-7-6-16-28-17-23)29-18-21-12-14-22(15-13-21)20-32-26-11-5-4-10-25(26)24-8-2-1-3-9-24/h1-17H,18-20H2,(H2,29,30,31). The van der Waals surface area contributed by atoms with Gasteiger partial charge in [-0.15, -0.1) is 11.8 Å². The number of hydrogen-bond acceptors (Lipinski definition) is 3. The predicted octanol–water partition coefficient (Wildman–Crippen LogP) is 6.04. The number of amides is 2. The van der Waals surface area contributed by atoms with Gasteiger partial charge in [-0.3, -0.25) is 4.98 Å². The lowest BCUT2D eigenvalue weighted by molar-refractivity contribution is 0.240. The third-order valence-electron chi connectivity index (χ3n) is 5.02. The topological polar surface area (TPSA) is 54.0 Å². The molecule has 0 saturated heterocycles. The lowest BCUT2D eigenvalue weighted by Gasteiger charge is -2.10. The van der Waals surface area contributed by atoms with Gasteiger partial charge in [-0.05, 0) is 39.9 Å². The molecular formula is C27H25N3OS. The monoisotopic (exact) mass is 439 g/mol. The lowest BCUT2D eigenvalue weighted by Crippen LogP contribution is -2.34. The first kappa shape index (κ1) is 21.7. The first-order valence-corrected chi connectivity index (χ1v) is 11.5. The van der Waals surface area contributed by atoms with E-state index in [1.54, 1.807) is 12.4 Å². The van der Waals surface area contributed by atoms with Crippen LogP contribution in [0.5, 0.6) is 0 Å². The number of carbonyl (C=O) groups excluding carboxylic acids is 1. The van der Waals surface area contributed by atoms with Gasteiger partial charge in [0.2, 0.25) is 0 Å². The number of urea groups is 1. The van der Waals surface area contributed by atoms with Crippen LogP contribution in [0.25, 0.3) is 11.1 Å². The Balaban J connectivity index is 1.27. The van der Waals surface area contributed by atoms with Gasteiger partial charge in [0, 0.05) is 36.1 Å². The normalized spacial score (nSPS) is 10.5. The highest BCUT2D eigenvalue weighted by molar-refractivity contribution is 7.98. The average Bonchev–Trinajstić information content (AvgIpc) is 2.87. The number of benzene rings is 3. The number of nitrogens with one attached hydrogen (secondary N) is 2. The third-order valence-corrected chi connectivity index (χ3v) is 6.16. The second-order valence-corrected chi connectivity index (χ2v) is 8.38. The largest absolute Gasteiger partial charge is 0.334 e. The molecule has 160 valence electrons. The average molecular weight is 440 g/mol. The van der Waals surface area contributed by atoms with Crippen LogP contribution in [0.3, 0.4) is 0 Å². The number of carbonyl (C=O) groups is 1. The van der Waals surface area contributed by atoms with Gasteiger partial charge in [0.25, 0.3) is 0 Å². The van der Waals surface area contributed by atoms with Crippen LogP contribution in [0.1, 0.15) is 16.7 Å². The van der Waals surface area contributed by atoms with Crippen molar-refractivity contribution < 1.29 is 4.79 Å². The Morgan fingerprint density at radius 1 is 0.719 bits per heavy atom. The molecular weight excluding hydrogens is 414 g/mol. The Bertz CT molecular complexity index is 1130. The lowest BCUT2D eigenvalue weighted by atomic mass is 10.1. The van der Waals surface area contributed by atoms with E-state index in [0.717, 1.165) is 16.9 Å². The smallest absolute Gasteiger partial charge is 0.315 e. The van der Waals surface area contributed by atoms with E-state index in [1.165, 1.54) is 21.6 Å². The minimum Gasteiger partial charge on any atom is -0.334 e. The second-order valence-electron chi connectivity index (χ2n) is 7.36. The summed E-state index contributed by atoms with van der Waals surface area (Å²) >= 11 is 1.84. The Morgan fingerprint density at radius 3 is 2.16 bits per heavy atom. The summed E-state index contributed by atoms with van der Waals surface area (Å²) in [6.07, 6.45) is 3.46. The number of thioether (sulfide) groups is 1. The summed E-state index contributed by atoms with van der Waals surface area (Å²) in [6, 6.07) is 31.0. The molecule has 4 nitrogen and oxygen atoms in total. The summed E-state index contributed by atoms with van der Waals surface area (Å²) in [5.74, 6) is 0.892. The molecule has 3 aromatic carbocycles. The second kappa shape index (κ2) is 11.2. The number of aromatic nitrogens is 1. The van der Waals surface area contributed by atoms with E-state index >= 15 is 0 Å². The summed E-state index contributed by atoms with van der Waals surface area (Å²) in [4.78, 5) is 17.3. The molecule has 0 spiro atoms. The van der Waals surface area contributed by atoms with Crippen molar-refractivity contribution >= 4 is 17.8 Å². The third kappa shape index (κ3) is 6.22. The molecule has 32 heavy (non-hydrogen) atoms. The highest BCUT2D eigenvalue weighted by Crippen LogP contribution is 2.33. The van der Waals surface area contributed by atoms with E-state index < -0.39 is 0 Å². The summed E-state index contributed by atoms with van der Waals surface area (Å²) < 4.78 is 0. The summed E-state index contributed by atoms with van der Waals surface area (Å²) in [5, 5.41) is 5.74. The zero-order valence-corrected chi connectivity index (χ0v) is 18.5. The van der Waals surface area contributed by atoms with Crippen LogP contribution in [0.15, 0.2) is 108 Å². The Hall–Kier alpha value is -3.57. The van der Waals surface area contributed by atoms with Crippen LogP contribution in [0.2, 0.25) is 0 Å². The fourth-order valence-electron chi connectivity index (χ4n) is 3.29. The predicted molar refractivity (Wildman–Crippen MR) is 131 cm³/mol. The fourth-order valence-corrected chi connectivity index (χ4v) is 4.32. The number of nitrogens with zero attached hydrogens (tertiary/aromatic N) is 1. The van der Waals surface area contributed by atoms with Crippen LogP contribution < -0.4 is 10.6 Å². The zero-order chi connectivity index (χ0) is 22.0. The minimum absolute atomic E-state index is 0.189. The molecule has 0 aliphatic rings. The quantitative estimate of drug-likeness (QED) is 0.329. The molecule has 2 N–H and O–H groups in total. The maximum Gasteiger partial charge on any atom is 0.315 e. The molecule has 0 aliphatic heterocycles. The van der Waals surface area contributed by atoms with E-state index in [1.807, 2.05) is 30.0 Å². The molecule has 0 atom stereocenters. The Morgan fingerprint density at radius 2 is 1.41 bits per heavy atom. The molecule has 4 rings (SSSR count). The van der Waals surface area contributed by atoms with E-state index in [9.17, 15) is 4.79 Å². The molecule has 0 saturated carbocycles. The summed E-state index contributed by atoms with van der Waals surface area (Å²) in [5.41, 5.74) is 5.79. The molecule has 0 unspecified atom stereocenters. The molecule has 1 heterocycles. The fraction of sp³-hybridized carbons (Fsp3) is 0.111. The van der Waals surface area contributed by atoms with Crippen molar-refractivity contribution in [2.75, 3.05) is 0 Å². The van der Waals surface area contributed by atoms with Gasteiger partial charge in [0.1, 0.15) is 0 Å². The van der Waals surface area contributed by atoms with Crippen molar-refractivity contribution in [1.82, 2.24) is 15.6 Å². The van der Waals surface area contributed by atoms with Crippen molar-refractivity contribution in [3.8, 4) is 11.1 Å². The van der Waals surface area contributed by atoms with Crippen molar-refractivity contribution in [2.45, 2.75) is 23.7 Å². The Kier molecular flexibility index (Phi) is 7.55. The molecule has 2 amide bonds. The zero-order valence-electron chi connectivity index (χ0n) is 17.7. The van der Waals surface area contributed by atoms with Gasteiger partial charge >= 0.3 is 6.03 Å². The summed E-state index contributed by atoms with van der Waals surface area (Å²) in [6.45, 7) is 0.948. The van der Waals surface area contributed by atoms with E-state index in [4.69, 9.17) is 0 Å². The number of hydrogen-bond donors (Lipinski definition) is 2. The molecule has 0 aliphatic carbocycles. The van der Waals surface area contributed by atoms with Gasteiger partial charge in [-0.25, -0.2) is 4.79 Å². The van der Waals surface area contributed by atoms with Crippen molar-refractivity contribution in [3.05, 3.63) is 120 Å².